The number of amides is 1. The van der Waals surface area contributed by atoms with Crippen molar-refractivity contribution >= 4 is 43.1 Å². The van der Waals surface area contributed by atoms with E-state index in [-0.39, 0.29) is 42.5 Å². The van der Waals surface area contributed by atoms with Crippen LogP contribution in [0.15, 0.2) is 113 Å². The molecule has 0 saturated carbocycles. The number of nitrogen functional groups attached to an aromatic ring is 1. The third-order valence-electron chi connectivity index (χ3n) is 11.0. The van der Waals surface area contributed by atoms with Gasteiger partial charge in [0.25, 0.3) is 0 Å². The molecule has 0 aliphatic heterocycles. The Morgan fingerprint density at radius 3 is 1.90 bits per heavy atom. The third kappa shape index (κ3) is 10.8. The van der Waals surface area contributed by atoms with Crippen molar-refractivity contribution in [3.8, 4) is 39.8 Å². The lowest BCUT2D eigenvalue weighted by molar-refractivity contribution is -0.0477. The predicted molar refractivity (Wildman–Crippen MR) is 252 cm³/mol. The third-order valence-corrected chi connectivity index (χ3v) is 14.4. The number of aromatic amines is 1. The number of nitrogens with one attached hydrogen (secondary N) is 2. The fourth-order valence-corrected chi connectivity index (χ4v) is 11.1. The van der Waals surface area contributed by atoms with E-state index >= 15 is 8.42 Å². The maximum absolute atomic E-state index is 16.1. The summed E-state index contributed by atoms with van der Waals surface area (Å²) in [4.78, 5) is 19.2. The minimum absolute atomic E-state index is 0.0754. The number of hydrogen-bond donors (Lipinski definition) is 5. The van der Waals surface area contributed by atoms with E-state index in [4.69, 9.17) is 30.4 Å². The van der Waals surface area contributed by atoms with Gasteiger partial charge < -0.3 is 40.5 Å². The van der Waals surface area contributed by atoms with Crippen molar-refractivity contribution in [2.45, 2.75) is 62.4 Å². The number of benzene rings is 5. The molecule has 358 valence electrons. The number of tetrazole rings is 1. The van der Waals surface area contributed by atoms with Crippen LogP contribution in [0.2, 0.25) is 0 Å². The van der Waals surface area contributed by atoms with Gasteiger partial charge in [-0.15, -0.1) is 10.2 Å². The number of imidazole rings is 1. The number of para-hydroxylation sites is 1. The van der Waals surface area contributed by atoms with E-state index in [9.17, 15) is 18.3 Å². The van der Waals surface area contributed by atoms with Crippen molar-refractivity contribution in [3.63, 3.8) is 0 Å². The maximum atomic E-state index is 16.1. The van der Waals surface area contributed by atoms with E-state index in [0.717, 1.165) is 15.9 Å². The molecule has 5 aromatic carbocycles. The lowest BCUT2D eigenvalue weighted by atomic mass is 9.85. The number of aliphatic hydroxyl groups is 1. The molecule has 0 saturated heterocycles. The highest BCUT2D eigenvalue weighted by Crippen LogP contribution is 2.43. The van der Waals surface area contributed by atoms with Crippen LogP contribution in [0, 0.1) is 5.41 Å². The second-order valence-corrected chi connectivity index (χ2v) is 20.4. The number of nitrogens with two attached hydrogens (primary N) is 2. The quantitative estimate of drug-likeness (QED) is 0.0707. The van der Waals surface area contributed by atoms with Crippen LogP contribution in [-0.2, 0) is 44.4 Å². The summed E-state index contributed by atoms with van der Waals surface area (Å²) < 4.78 is 86.8. The van der Waals surface area contributed by atoms with Gasteiger partial charge in [0.1, 0.15) is 39.2 Å². The normalized spacial score (nSPS) is 13.1. The summed E-state index contributed by atoms with van der Waals surface area (Å²) in [6.45, 7) is 3.84. The van der Waals surface area contributed by atoms with Gasteiger partial charge in [-0.2, -0.15) is 9.10 Å². The van der Waals surface area contributed by atoms with E-state index < -0.39 is 60.1 Å². The second kappa shape index (κ2) is 20.0. The number of carbonyl (C=O) groups is 1. The van der Waals surface area contributed by atoms with Crippen molar-refractivity contribution in [1.82, 2.24) is 39.2 Å². The van der Waals surface area contributed by atoms with Crippen molar-refractivity contribution in [2.75, 3.05) is 33.6 Å². The zero-order valence-corrected chi connectivity index (χ0v) is 39.7. The number of fused-ring (bicyclic) bond motifs is 1. The molecule has 1 amide bonds. The Bertz CT molecular complexity index is 3070. The number of aliphatic hydroxyl groups excluding tert-OH is 1. The molecule has 2 aromatic heterocycles. The summed E-state index contributed by atoms with van der Waals surface area (Å²) in [7, 11) is -5.42. The van der Waals surface area contributed by atoms with Crippen molar-refractivity contribution in [1.29, 1.82) is 0 Å². The first-order valence-electron chi connectivity index (χ1n) is 21.0. The minimum Gasteiger partial charge on any atom is -0.497 e. The molecule has 7 rings (SSSR count). The van der Waals surface area contributed by atoms with Gasteiger partial charge in [-0.25, -0.2) is 31.3 Å². The number of ether oxygens (including phenoxy) is 4. The molecule has 7 aromatic rings. The average Bonchev–Trinajstić information content (AvgIpc) is 3.95. The average molecular weight is 969 g/mol. The molecule has 22 heteroatoms. The Kier molecular flexibility index (Phi) is 14.4. The van der Waals surface area contributed by atoms with Crippen molar-refractivity contribution in [3.05, 3.63) is 120 Å². The summed E-state index contributed by atoms with van der Waals surface area (Å²) in [5, 5.41) is 24.7. The van der Waals surface area contributed by atoms with Crippen molar-refractivity contribution < 1.29 is 45.7 Å². The molecule has 0 fully saturated rings. The number of H-pyrrole nitrogens is 1. The Morgan fingerprint density at radius 1 is 0.809 bits per heavy atom. The van der Waals surface area contributed by atoms with Crippen molar-refractivity contribution in [2.24, 2.45) is 11.1 Å². The number of nitrogens with zero attached hydrogens (tertiary/aromatic N) is 6. The lowest BCUT2D eigenvalue weighted by Crippen LogP contribution is -2.48. The molecule has 2 heterocycles. The fraction of sp³-hybridized carbons (Fsp3) is 0.283. The second-order valence-electron chi connectivity index (χ2n) is 16.7. The van der Waals surface area contributed by atoms with Crippen LogP contribution in [0.3, 0.4) is 0 Å². The first-order chi connectivity index (χ1) is 32.3. The summed E-state index contributed by atoms with van der Waals surface area (Å²) in [5.41, 5.74) is 13.5. The molecule has 0 radical (unpaired) electrons. The first kappa shape index (κ1) is 48.8. The Morgan fingerprint density at radius 2 is 1.37 bits per heavy atom. The predicted octanol–water partition coefficient (Wildman–Crippen LogP) is 5.08. The Hall–Kier alpha value is -7.11. The molecule has 7 N–H and O–H groups in total. The van der Waals surface area contributed by atoms with Crippen LogP contribution in [0.25, 0.3) is 33.5 Å². The molecular formula is C46H52N10O10S2. The van der Waals surface area contributed by atoms with Crippen LogP contribution in [0.1, 0.15) is 37.5 Å². The largest absolute Gasteiger partial charge is 0.497 e. The van der Waals surface area contributed by atoms with Gasteiger partial charge in [-0.05, 0) is 76.0 Å². The van der Waals surface area contributed by atoms with E-state index in [1.807, 2.05) is 0 Å². The number of aromatic nitrogens is 6. The number of anilines is 1. The lowest BCUT2D eigenvalue weighted by Gasteiger charge is -2.33. The Labute approximate surface area is 393 Å². The number of rotatable bonds is 19. The van der Waals surface area contributed by atoms with Gasteiger partial charge in [0.05, 0.1) is 44.5 Å². The van der Waals surface area contributed by atoms with Gasteiger partial charge in [0.15, 0.2) is 5.95 Å². The number of primary amides is 1. The minimum atomic E-state index is -5.03. The van der Waals surface area contributed by atoms with Crippen LogP contribution in [0.5, 0.6) is 17.2 Å². The summed E-state index contributed by atoms with van der Waals surface area (Å²) in [6, 6.07) is 28.3. The number of sulfonamides is 2. The van der Waals surface area contributed by atoms with Gasteiger partial charge in [0.2, 0.25) is 25.9 Å². The molecule has 20 nitrogen and oxygen atoms in total. The van der Waals surface area contributed by atoms with Crippen LogP contribution < -0.4 is 30.4 Å². The van der Waals surface area contributed by atoms with Crippen LogP contribution in [0.4, 0.5) is 10.7 Å². The Balaban J connectivity index is 1.49. The monoisotopic (exact) mass is 968 g/mol. The zero-order chi connectivity index (χ0) is 49.0. The van der Waals surface area contributed by atoms with E-state index in [2.05, 4.69) is 30.1 Å². The molecule has 0 spiro atoms. The van der Waals surface area contributed by atoms with E-state index in [0.29, 0.717) is 45.0 Å². The molecule has 0 bridgehead atoms. The smallest absolute Gasteiger partial charge is 0.404 e. The topological polar surface area (TPSA) is 282 Å². The standard InChI is InChI=1S/C46H52N10O10S2/c1-46(2,3)42(66-45(48)58)37(57)24-49-67(59,60)38-23-22-34(35-8-7-9-36-40(35)51-44(47)50-36)39(43-52-54-56(53-43)27-30-14-20-33(65-6)21-15-30)41(38)68(61,62)55(25-28-10-16-31(63-4)17-11-28)26-29-12-18-32(64-5)19-13-29/h7-23,37,42,49,57H,24-27H2,1-6H3,(H2,48,58)(H3,47,50,51)/t37?,42-/m0/s1. The molecule has 68 heavy (non-hydrogen) atoms. The van der Waals surface area contributed by atoms with Gasteiger partial charge in [0, 0.05) is 30.6 Å². The number of methoxy groups -OCH3 is 3. The van der Waals surface area contributed by atoms with Crippen LogP contribution in [-0.4, -0.2) is 103 Å². The number of hydrogen-bond acceptors (Lipinski definition) is 15. The summed E-state index contributed by atoms with van der Waals surface area (Å²) >= 11 is 0. The number of carbonyl (C=O) groups excluding carboxylic acids is 1. The maximum Gasteiger partial charge on any atom is 0.404 e. The SMILES string of the molecule is COc1ccc(CN(Cc2ccc(OC)cc2)S(=O)(=O)c2c(S(=O)(=O)NCC(O)[C@H](OC(N)=O)C(C)(C)C)ccc(-c3cccc4[nH]c(N)nc34)c2-c2nnn(Cc3ccc(OC)cc3)n2)cc1. The summed E-state index contributed by atoms with van der Waals surface area (Å²) in [5.74, 6) is 1.51. The molecule has 0 aliphatic rings. The molecular weight excluding hydrogens is 917 g/mol. The zero-order valence-electron chi connectivity index (χ0n) is 38.1. The molecule has 2 atom stereocenters. The highest BCUT2D eigenvalue weighted by molar-refractivity contribution is 7.92. The van der Waals surface area contributed by atoms with Gasteiger partial charge in [-0.1, -0.05) is 75.4 Å². The van der Waals surface area contributed by atoms with E-state index in [1.165, 1.54) is 25.1 Å². The van der Waals surface area contributed by atoms with Gasteiger partial charge >= 0.3 is 6.09 Å². The first-order valence-corrected chi connectivity index (χ1v) is 24.0. The van der Waals surface area contributed by atoms with Crippen LogP contribution >= 0.6 is 0 Å². The fourth-order valence-electron chi connectivity index (χ4n) is 7.61. The van der Waals surface area contributed by atoms with Gasteiger partial charge in [-0.3, -0.25) is 0 Å². The summed E-state index contributed by atoms with van der Waals surface area (Å²) in [6.07, 6.45) is -4.10. The highest BCUT2D eigenvalue weighted by Gasteiger charge is 2.40. The molecule has 1 unspecified atom stereocenters. The highest BCUT2D eigenvalue weighted by atomic mass is 32.2. The van der Waals surface area contributed by atoms with E-state index in [1.54, 1.807) is 119 Å². The molecule has 0 aliphatic carbocycles.